The highest BCUT2D eigenvalue weighted by molar-refractivity contribution is 6.17. The minimum absolute atomic E-state index is 0.868. The standard InChI is InChI=1S/C52H34N2O/c1-2-14-40(15-3-1)53(41-28-24-36(25-29-41)39-23-22-35-12-4-5-13-38(35)34-39)49-33-32-43(52-51(49)46-18-8-11-21-50(46)55-52)37-26-30-42(31-27-37)54-47-19-9-6-16-44(47)45-17-7-10-20-48(45)54/h1-34H. The number of aromatic nitrogens is 1. The predicted octanol–water partition coefficient (Wildman–Crippen LogP) is 14.6. The molecule has 0 N–H and O–H groups in total. The number of anilines is 3. The molecule has 0 spiro atoms. The van der Waals surface area contributed by atoms with Gasteiger partial charge in [0.05, 0.1) is 22.1 Å². The van der Waals surface area contributed by atoms with E-state index in [1.165, 1.54) is 43.7 Å². The molecule has 11 aromatic rings. The normalized spacial score (nSPS) is 11.6. The summed E-state index contributed by atoms with van der Waals surface area (Å²) in [5.74, 6) is 0. The lowest BCUT2D eigenvalue weighted by atomic mass is 9.99. The molecule has 0 amide bonds. The van der Waals surface area contributed by atoms with Crippen molar-refractivity contribution >= 4 is 71.6 Å². The van der Waals surface area contributed by atoms with Crippen LogP contribution in [-0.2, 0) is 0 Å². The Labute approximate surface area is 318 Å². The van der Waals surface area contributed by atoms with Crippen molar-refractivity contribution in [1.29, 1.82) is 0 Å². The van der Waals surface area contributed by atoms with Crippen LogP contribution in [0.25, 0.3) is 82.5 Å². The Kier molecular flexibility index (Phi) is 7.17. The highest BCUT2D eigenvalue weighted by Crippen LogP contribution is 2.46. The van der Waals surface area contributed by atoms with Gasteiger partial charge in [0.2, 0.25) is 0 Å². The average Bonchev–Trinajstić information content (AvgIpc) is 3.81. The molecular weight excluding hydrogens is 669 g/mol. The van der Waals surface area contributed by atoms with Gasteiger partial charge in [0.25, 0.3) is 0 Å². The lowest BCUT2D eigenvalue weighted by molar-refractivity contribution is 0.670. The van der Waals surface area contributed by atoms with Gasteiger partial charge in [-0.15, -0.1) is 0 Å². The summed E-state index contributed by atoms with van der Waals surface area (Å²) in [4.78, 5) is 2.35. The molecule has 0 bridgehead atoms. The second kappa shape index (κ2) is 12.6. The number of nitrogens with zero attached hydrogens (tertiary/aromatic N) is 2. The Hall–Kier alpha value is -7.36. The topological polar surface area (TPSA) is 21.3 Å². The summed E-state index contributed by atoms with van der Waals surface area (Å²) in [5.41, 5.74) is 13.0. The van der Waals surface area contributed by atoms with Crippen LogP contribution in [0.4, 0.5) is 17.1 Å². The Balaban J connectivity index is 1.05. The SMILES string of the molecule is c1ccc(N(c2ccc(-c3ccc4ccccc4c3)cc2)c2ccc(-c3ccc(-n4c5ccccc5c5ccccc54)cc3)c3oc4ccccc4c23)cc1. The van der Waals surface area contributed by atoms with Gasteiger partial charge in [-0.05, 0) is 100 Å². The highest BCUT2D eigenvalue weighted by Gasteiger charge is 2.22. The molecular formula is C52H34N2O. The van der Waals surface area contributed by atoms with Crippen molar-refractivity contribution < 1.29 is 4.42 Å². The first kappa shape index (κ1) is 31.2. The molecule has 0 radical (unpaired) electrons. The van der Waals surface area contributed by atoms with Gasteiger partial charge < -0.3 is 13.9 Å². The van der Waals surface area contributed by atoms with Crippen molar-refractivity contribution in [1.82, 2.24) is 4.57 Å². The molecule has 9 aromatic carbocycles. The Morgan fingerprint density at radius 2 is 0.982 bits per heavy atom. The molecule has 0 saturated carbocycles. The minimum atomic E-state index is 0.868. The van der Waals surface area contributed by atoms with Gasteiger partial charge in [-0.2, -0.15) is 0 Å². The molecule has 0 aliphatic rings. The van der Waals surface area contributed by atoms with E-state index in [1.807, 2.05) is 6.07 Å². The maximum Gasteiger partial charge on any atom is 0.145 e. The van der Waals surface area contributed by atoms with Crippen LogP contribution >= 0.6 is 0 Å². The second-order valence-corrected chi connectivity index (χ2v) is 14.1. The van der Waals surface area contributed by atoms with Gasteiger partial charge in [-0.1, -0.05) is 133 Å². The molecule has 0 aliphatic carbocycles. The molecule has 0 saturated heterocycles. The van der Waals surface area contributed by atoms with E-state index >= 15 is 0 Å². The average molecular weight is 703 g/mol. The number of hydrogen-bond donors (Lipinski definition) is 0. The van der Waals surface area contributed by atoms with Crippen LogP contribution in [0.2, 0.25) is 0 Å². The number of fused-ring (bicyclic) bond motifs is 7. The molecule has 3 heteroatoms. The lowest BCUT2D eigenvalue weighted by Gasteiger charge is -2.27. The molecule has 2 aromatic heterocycles. The molecule has 11 rings (SSSR count). The van der Waals surface area contributed by atoms with Crippen LogP contribution in [0.3, 0.4) is 0 Å². The van der Waals surface area contributed by atoms with E-state index in [4.69, 9.17) is 4.42 Å². The van der Waals surface area contributed by atoms with E-state index in [2.05, 4.69) is 210 Å². The van der Waals surface area contributed by atoms with Crippen molar-refractivity contribution in [3.8, 4) is 27.9 Å². The Morgan fingerprint density at radius 3 is 1.73 bits per heavy atom. The quantitative estimate of drug-likeness (QED) is 0.172. The van der Waals surface area contributed by atoms with Crippen LogP contribution in [0.5, 0.6) is 0 Å². The molecule has 3 nitrogen and oxygen atoms in total. The summed E-state index contributed by atoms with van der Waals surface area (Å²) in [6.45, 7) is 0. The van der Waals surface area contributed by atoms with E-state index in [0.717, 1.165) is 55.8 Å². The molecule has 0 fully saturated rings. The van der Waals surface area contributed by atoms with Crippen LogP contribution in [-0.4, -0.2) is 4.57 Å². The first-order valence-electron chi connectivity index (χ1n) is 18.8. The van der Waals surface area contributed by atoms with Gasteiger partial charge in [-0.3, -0.25) is 0 Å². The van der Waals surface area contributed by atoms with E-state index in [9.17, 15) is 0 Å². The van der Waals surface area contributed by atoms with Crippen molar-refractivity contribution in [3.05, 3.63) is 206 Å². The van der Waals surface area contributed by atoms with E-state index in [1.54, 1.807) is 0 Å². The third-order valence-corrected chi connectivity index (χ3v) is 11.0. The maximum absolute atomic E-state index is 6.80. The molecule has 0 aliphatic heterocycles. The summed E-state index contributed by atoms with van der Waals surface area (Å²) >= 11 is 0. The van der Waals surface area contributed by atoms with Crippen LogP contribution in [0.1, 0.15) is 0 Å². The zero-order valence-electron chi connectivity index (χ0n) is 29.9. The summed E-state index contributed by atoms with van der Waals surface area (Å²) in [6, 6.07) is 73.8. The molecule has 0 unspecified atom stereocenters. The van der Waals surface area contributed by atoms with Crippen molar-refractivity contribution in [3.63, 3.8) is 0 Å². The van der Waals surface area contributed by atoms with Gasteiger partial charge in [0.1, 0.15) is 11.2 Å². The van der Waals surface area contributed by atoms with Gasteiger partial charge in [0.15, 0.2) is 0 Å². The monoisotopic (exact) mass is 702 g/mol. The number of furan rings is 1. The number of benzene rings is 9. The highest BCUT2D eigenvalue weighted by atomic mass is 16.3. The third-order valence-electron chi connectivity index (χ3n) is 11.0. The first-order valence-corrected chi connectivity index (χ1v) is 18.8. The number of rotatable bonds is 6. The van der Waals surface area contributed by atoms with Gasteiger partial charge in [-0.25, -0.2) is 0 Å². The first-order chi connectivity index (χ1) is 27.3. The molecule has 55 heavy (non-hydrogen) atoms. The van der Waals surface area contributed by atoms with Crippen molar-refractivity contribution in [2.45, 2.75) is 0 Å². The fraction of sp³-hybridized carbons (Fsp3) is 0. The molecule has 258 valence electrons. The van der Waals surface area contributed by atoms with Gasteiger partial charge >= 0.3 is 0 Å². The van der Waals surface area contributed by atoms with E-state index in [-0.39, 0.29) is 0 Å². The zero-order chi connectivity index (χ0) is 36.3. The van der Waals surface area contributed by atoms with Crippen LogP contribution in [0.15, 0.2) is 211 Å². The Bertz CT molecular complexity index is 3140. The summed E-state index contributed by atoms with van der Waals surface area (Å²) < 4.78 is 9.16. The summed E-state index contributed by atoms with van der Waals surface area (Å²) in [7, 11) is 0. The summed E-state index contributed by atoms with van der Waals surface area (Å²) in [5, 5.41) is 7.18. The molecule has 2 heterocycles. The fourth-order valence-corrected chi connectivity index (χ4v) is 8.39. The van der Waals surface area contributed by atoms with Crippen LogP contribution in [0, 0.1) is 0 Å². The summed E-state index contributed by atoms with van der Waals surface area (Å²) in [6.07, 6.45) is 0. The van der Waals surface area contributed by atoms with E-state index < -0.39 is 0 Å². The zero-order valence-corrected chi connectivity index (χ0v) is 29.9. The van der Waals surface area contributed by atoms with E-state index in [0.29, 0.717) is 0 Å². The van der Waals surface area contributed by atoms with Gasteiger partial charge in [0, 0.05) is 38.8 Å². The third kappa shape index (κ3) is 5.13. The second-order valence-electron chi connectivity index (χ2n) is 14.1. The maximum atomic E-state index is 6.80. The number of hydrogen-bond acceptors (Lipinski definition) is 2. The lowest BCUT2D eigenvalue weighted by Crippen LogP contribution is -2.10. The Morgan fingerprint density at radius 1 is 0.400 bits per heavy atom. The number of para-hydroxylation sites is 4. The van der Waals surface area contributed by atoms with Crippen LogP contribution < -0.4 is 4.90 Å². The fourth-order valence-electron chi connectivity index (χ4n) is 8.39. The predicted molar refractivity (Wildman–Crippen MR) is 231 cm³/mol. The minimum Gasteiger partial charge on any atom is -0.455 e. The van der Waals surface area contributed by atoms with Crippen molar-refractivity contribution in [2.75, 3.05) is 4.90 Å². The molecule has 0 atom stereocenters. The largest absolute Gasteiger partial charge is 0.455 e. The smallest absolute Gasteiger partial charge is 0.145 e. The van der Waals surface area contributed by atoms with Crippen molar-refractivity contribution in [2.24, 2.45) is 0 Å².